The van der Waals surface area contributed by atoms with Gasteiger partial charge in [-0.15, -0.1) is 0 Å². The van der Waals surface area contributed by atoms with Crippen LogP contribution in [0.2, 0.25) is 0 Å². The summed E-state index contributed by atoms with van der Waals surface area (Å²) in [5, 5.41) is 0. The lowest BCUT2D eigenvalue weighted by atomic mass is 10.2. The zero-order valence-corrected chi connectivity index (χ0v) is 7.53. The van der Waals surface area contributed by atoms with Gasteiger partial charge in [0.25, 0.3) is 0 Å². The van der Waals surface area contributed by atoms with Crippen molar-refractivity contribution in [1.82, 2.24) is 0 Å². The van der Waals surface area contributed by atoms with Gasteiger partial charge < -0.3 is 0 Å². The van der Waals surface area contributed by atoms with Crippen LogP contribution in [0.4, 0.5) is 0 Å². The Labute approximate surface area is 64.8 Å². The van der Waals surface area contributed by atoms with E-state index in [4.69, 9.17) is 0 Å². The lowest BCUT2D eigenvalue weighted by molar-refractivity contribution is 1.14. The van der Waals surface area contributed by atoms with E-state index in [1.165, 1.54) is 9.15 Å². The number of rotatable bonds is 2. The minimum absolute atomic E-state index is 1.10. The van der Waals surface area contributed by atoms with E-state index in [1.54, 1.807) is 0 Å². The molecule has 8 heavy (non-hydrogen) atoms. The minimum Gasteiger partial charge on any atom is -0.0988 e. The molecule has 0 aliphatic carbocycles. The molecular weight excluding hydrogens is 211 g/mol. The standard InChI is InChI=1S/C7H11I/c1-4-7(5-2)6(3)8/h4H,1,5H2,2-3H3/b7-6-. The topological polar surface area (TPSA) is 0 Å². The summed E-state index contributed by atoms with van der Waals surface area (Å²) in [6.07, 6.45) is 3.01. The lowest BCUT2D eigenvalue weighted by Gasteiger charge is -1.95. The zero-order chi connectivity index (χ0) is 6.57. The van der Waals surface area contributed by atoms with Gasteiger partial charge in [-0.2, -0.15) is 0 Å². The molecule has 0 heterocycles. The first-order valence-electron chi connectivity index (χ1n) is 2.70. The number of hydrogen-bond donors (Lipinski definition) is 0. The van der Waals surface area contributed by atoms with E-state index in [0.717, 1.165) is 6.42 Å². The molecular formula is C7H11I. The predicted octanol–water partition coefficient (Wildman–Crippen LogP) is 3.29. The molecule has 0 nitrogen and oxygen atoms in total. The third-order valence-electron chi connectivity index (χ3n) is 1.07. The highest BCUT2D eigenvalue weighted by Crippen LogP contribution is 2.14. The molecule has 0 unspecified atom stereocenters. The van der Waals surface area contributed by atoms with E-state index in [-0.39, 0.29) is 0 Å². The lowest BCUT2D eigenvalue weighted by Crippen LogP contribution is -1.73. The molecule has 46 valence electrons. The fourth-order valence-electron chi connectivity index (χ4n) is 0.529. The quantitative estimate of drug-likeness (QED) is 0.496. The maximum absolute atomic E-state index is 3.69. The molecule has 0 aliphatic heterocycles. The zero-order valence-electron chi connectivity index (χ0n) is 5.37. The largest absolute Gasteiger partial charge is 0.0988 e. The van der Waals surface area contributed by atoms with Gasteiger partial charge in [0.05, 0.1) is 0 Å². The van der Waals surface area contributed by atoms with Crippen LogP contribution in [0.5, 0.6) is 0 Å². The molecule has 0 aromatic rings. The van der Waals surface area contributed by atoms with Crippen LogP contribution in [0.1, 0.15) is 20.3 Å². The van der Waals surface area contributed by atoms with Crippen molar-refractivity contribution in [1.29, 1.82) is 0 Å². The first-order valence-corrected chi connectivity index (χ1v) is 3.78. The number of allylic oxidation sites excluding steroid dienone is 3. The summed E-state index contributed by atoms with van der Waals surface area (Å²) >= 11 is 2.31. The molecule has 0 spiro atoms. The van der Waals surface area contributed by atoms with Gasteiger partial charge in [-0.05, 0) is 45.1 Å². The monoisotopic (exact) mass is 222 g/mol. The van der Waals surface area contributed by atoms with Crippen LogP contribution < -0.4 is 0 Å². The third-order valence-corrected chi connectivity index (χ3v) is 1.76. The van der Waals surface area contributed by atoms with Crippen molar-refractivity contribution in [3.05, 3.63) is 21.8 Å². The first kappa shape index (κ1) is 8.21. The summed E-state index contributed by atoms with van der Waals surface area (Å²) in [5.74, 6) is 0. The molecule has 0 saturated heterocycles. The van der Waals surface area contributed by atoms with Crippen LogP contribution in [-0.4, -0.2) is 0 Å². The van der Waals surface area contributed by atoms with Gasteiger partial charge in [-0.1, -0.05) is 19.6 Å². The van der Waals surface area contributed by atoms with Crippen molar-refractivity contribution in [3.8, 4) is 0 Å². The number of halogens is 1. The fraction of sp³-hybridized carbons (Fsp3) is 0.429. The Bertz CT molecular complexity index is 108. The smallest absolute Gasteiger partial charge is 0.00934 e. The Kier molecular flexibility index (Phi) is 4.23. The van der Waals surface area contributed by atoms with E-state index in [2.05, 4.69) is 43.0 Å². The molecule has 0 radical (unpaired) electrons. The van der Waals surface area contributed by atoms with E-state index >= 15 is 0 Å². The highest BCUT2D eigenvalue weighted by molar-refractivity contribution is 14.1. The van der Waals surface area contributed by atoms with Crippen molar-refractivity contribution in [2.24, 2.45) is 0 Å². The fourth-order valence-corrected chi connectivity index (χ4v) is 1.13. The van der Waals surface area contributed by atoms with Gasteiger partial charge in [0.1, 0.15) is 0 Å². The average Bonchev–Trinajstić information content (AvgIpc) is 1.69. The predicted molar refractivity (Wildman–Crippen MR) is 47.2 cm³/mol. The van der Waals surface area contributed by atoms with Gasteiger partial charge in [0, 0.05) is 0 Å². The molecule has 0 bridgehead atoms. The second kappa shape index (κ2) is 4.13. The molecule has 0 fully saturated rings. The first-order chi connectivity index (χ1) is 3.72. The average molecular weight is 222 g/mol. The highest BCUT2D eigenvalue weighted by Gasteiger charge is 1.88. The van der Waals surface area contributed by atoms with Crippen LogP contribution in [0.25, 0.3) is 0 Å². The number of hydrogen-bond acceptors (Lipinski definition) is 0. The van der Waals surface area contributed by atoms with Crippen molar-refractivity contribution >= 4 is 22.6 Å². The molecule has 0 amide bonds. The van der Waals surface area contributed by atoms with Crippen LogP contribution in [0, 0.1) is 0 Å². The van der Waals surface area contributed by atoms with E-state index < -0.39 is 0 Å². The SMILES string of the molecule is C=C/C(CC)=C(\C)I. The second-order valence-corrected chi connectivity index (χ2v) is 3.23. The van der Waals surface area contributed by atoms with Crippen LogP contribution in [-0.2, 0) is 0 Å². The second-order valence-electron chi connectivity index (χ2n) is 1.62. The maximum Gasteiger partial charge on any atom is -0.00934 e. The Morgan fingerprint density at radius 1 is 1.75 bits per heavy atom. The van der Waals surface area contributed by atoms with Crippen molar-refractivity contribution < 1.29 is 0 Å². The Morgan fingerprint density at radius 2 is 2.25 bits per heavy atom. The summed E-state index contributed by atoms with van der Waals surface area (Å²) in [6.45, 7) is 7.93. The molecule has 0 rings (SSSR count). The molecule has 0 atom stereocenters. The van der Waals surface area contributed by atoms with Gasteiger partial charge in [-0.25, -0.2) is 0 Å². The van der Waals surface area contributed by atoms with Crippen LogP contribution in [0.15, 0.2) is 21.8 Å². The van der Waals surface area contributed by atoms with Crippen molar-refractivity contribution in [2.75, 3.05) is 0 Å². The maximum atomic E-state index is 3.69. The Hall–Kier alpha value is 0.210. The van der Waals surface area contributed by atoms with Crippen molar-refractivity contribution in [3.63, 3.8) is 0 Å². The molecule has 1 heteroatoms. The molecule has 0 N–H and O–H groups in total. The van der Waals surface area contributed by atoms with Crippen molar-refractivity contribution in [2.45, 2.75) is 20.3 Å². The van der Waals surface area contributed by atoms with Crippen LogP contribution in [0.3, 0.4) is 0 Å². The third kappa shape index (κ3) is 2.50. The normalized spacial score (nSPS) is 12.9. The van der Waals surface area contributed by atoms with E-state index in [1.807, 2.05) is 6.08 Å². The molecule has 0 aliphatic rings. The highest BCUT2D eigenvalue weighted by atomic mass is 127. The van der Waals surface area contributed by atoms with Crippen LogP contribution >= 0.6 is 22.6 Å². The molecule has 0 aromatic carbocycles. The van der Waals surface area contributed by atoms with Gasteiger partial charge >= 0.3 is 0 Å². The Balaban J connectivity index is 4.07. The summed E-state index contributed by atoms with van der Waals surface area (Å²) in [7, 11) is 0. The molecule has 0 saturated carbocycles. The minimum atomic E-state index is 1.10. The van der Waals surface area contributed by atoms with Gasteiger partial charge in [-0.3, -0.25) is 0 Å². The summed E-state index contributed by atoms with van der Waals surface area (Å²) < 4.78 is 1.35. The Morgan fingerprint density at radius 3 is 2.25 bits per heavy atom. The molecule has 0 aromatic heterocycles. The van der Waals surface area contributed by atoms with E-state index in [0.29, 0.717) is 0 Å². The van der Waals surface area contributed by atoms with E-state index in [9.17, 15) is 0 Å². The van der Waals surface area contributed by atoms with Gasteiger partial charge in [0.15, 0.2) is 0 Å². The summed E-state index contributed by atoms with van der Waals surface area (Å²) in [4.78, 5) is 0. The summed E-state index contributed by atoms with van der Waals surface area (Å²) in [6, 6.07) is 0. The van der Waals surface area contributed by atoms with Gasteiger partial charge in [0.2, 0.25) is 0 Å². The summed E-state index contributed by atoms with van der Waals surface area (Å²) in [5.41, 5.74) is 1.35.